The van der Waals surface area contributed by atoms with Crippen molar-refractivity contribution < 1.29 is 14.7 Å². The zero-order valence-electron chi connectivity index (χ0n) is 10.3. The second-order valence-corrected chi connectivity index (χ2v) is 5.58. The van der Waals surface area contributed by atoms with Gasteiger partial charge in [-0.15, -0.1) is 11.8 Å². The van der Waals surface area contributed by atoms with Crippen LogP contribution in [0.1, 0.15) is 20.3 Å². The lowest BCUT2D eigenvalue weighted by Crippen LogP contribution is -2.49. The van der Waals surface area contributed by atoms with Crippen molar-refractivity contribution in [3.8, 4) is 0 Å². The first-order valence-corrected chi connectivity index (χ1v) is 6.75. The van der Waals surface area contributed by atoms with Gasteiger partial charge in [-0.3, -0.25) is 9.69 Å². The van der Waals surface area contributed by atoms with Crippen LogP contribution in [-0.2, 0) is 9.59 Å². The Morgan fingerprint density at radius 3 is 2.78 bits per heavy atom. The number of carboxylic acids is 1. The molecule has 0 fully saturated rings. The Bertz CT molecular complexity index is 489. The van der Waals surface area contributed by atoms with Gasteiger partial charge in [-0.2, -0.15) is 0 Å². The van der Waals surface area contributed by atoms with Gasteiger partial charge in [0.2, 0.25) is 5.91 Å². The fraction of sp³-hybridized carbons (Fsp3) is 0.385. The number of aliphatic carboxylic acids is 1. The summed E-state index contributed by atoms with van der Waals surface area (Å²) in [6.07, 6.45) is 0.396. The summed E-state index contributed by atoms with van der Waals surface area (Å²) in [4.78, 5) is 25.9. The van der Waals surface area contributed by atoms with Gasteiger partial charge in [0.05, 0.1) is 10.9 Å². The molecule has 1 aliphatic heterocycles. The van der Waals surface area contributed by atoms with Crippen molar-refractivity contribution in [3.05, 3.63) is 24.3 Å². The molecule has 96 valence electrons. The highest BCUT2D eigenvalue weighted by molar-refractivity contribution is 8.01. The van der Waals surface area contributed by atoms with Gasteiger partial charge in [-0.05, 0) is 25.5 Å². The van der Waals surface area contributed by atoms with E-state index in [1.54, 1.807) is 13.0 Å². The summed E-state index contributed by atoms with van der Waals surface area (Å²) >= 11 is 1.48. The highest BCUT2D eigenvalue weighted by Crippen LogP contribution is 2.40. The molecule has 2 atom stereocenters. The van der Waals surface area contributed by atoms with Gasteiger partial charge in [-0.25, -0.2) is 4.79 Å². The number of benzene rings is 1. The molecule has 0 aliphatic carbocycles. The van der Waals surface area contributed by atoms with E-state index in [0.29, 0.717) is 12.1 Å². The van der Waals surface area contributed by atoms with Crippen molar-refractivity contribution in [1.82, 2.24) is 0 Å². The van der Waals surface area contributed by atoms with Gasteiger partial charge < -0.3 is 5.11 Å². The Morgan fingerprint density at radius 2 is 2.17 bits per heavy atom. The molecule has 0 saturated carbocycles. The minimum atomic E-state index is -0.959. The molecule has 0 radical (unpaired) electrons. The normalized spacial score (nSPS) is 20.4. The maximum absolute atomic E-state index is 12.2. The standard InChI is InChI=1S/C13H15NO3S/c1-3-9(13(16)17)14-10-6-4-5-7-11(10)18-8(2)12(14)15/h4-9H,3H2,1-2H3,(H,16,17). The predicted octanol–water partition coefficient (Wildman–Crippen LogP) is 2.38. The van der Waals surface area contributed by atoms with Crippen LogP contribution >= 0.6 is 11.8 Å². The molecule has 4 nitrogen and oxygen atoms in total. The van der Waals surface area contributed by atoms with E-state index in [1.807, 2.05) is 25.1 Å². The highest BCUT2D eigenvalue weighted by atomic mass is 32.2. The second-order valence-electron chi connectivity index (χ2n) is 4.20. The molecular weight excluding hydrogens is 250 g/mol. The summed E-state index contributed by atoms with van der Waals surface area (Å²) in [6, 6.07) is 6.66. The van der Waals surface area contributed by atoms with Crippen molar-refractivity contribution >= 4 is 29.3 Å². The number of para-hydroxylation sites is 1. The fourth-order valence-corrected chi connectivity index (χ4v) is 3.14. The van der Waals surface area contributed by atoms with Crippen molar-refractivity contribution in [2.24, 2.45) is 0 Å². The van der Waals surface area contributed by atoms with Gasteiger partial charge in [-0.1, -0.05) is 19.1 Å². The van der Waals surface area contributed by atoms with E-state index < -0.39 is 12.0 Å². The number of hydrogen-bond acceptors (Lipinski definition) is 3. The van der Waals surface area contributed by atoms with Crippen LogP contribution in [0.2, 0.25) is 0 Å². The number of nitrogens with zero attached hydrogens (tertiary/aromatic N) is 1. The molecule has 1 heterocycles. The summed E-state index contributed by atoms with van der Waals surface area (Å²) in [6.45, 7) is 3.59. The number of thioether (sulfide) groups is 1. The molecule has 0 bridgehead atoms. The van der Waals surface area contributed by atoms with Crippen molar-refractivity contribution in [2.45, 2.75) is 36.5 Å². The van der Waals surface area contributed by atoms with Crippen LogP contribution in [0.15, 0.2) is 29.2 Å². The highest BCUT2D eigenvalue weighted by Gasteiger charge is 2.37. The van der Waals surface area contributed by atoms with Crippen LogP contribution in [0.3, 0.4) is 0 Å². The molecule has 2 unspecified atom stereocenters. The molecule has 1 aliphatic rings. The Labute approximate surface area is 110 Å². The summed E-state index contributed by atoms with van der Waals surface area (Å²) < 4.78 is 0. The summed E-state index contributed by atoms with van der Waals surface area (Å²) in [7, 11) is 0. The molecule has 1 aromatic rings. The van der Waals surface area contributed by atoms with Crippen LogP contribution in [0.5, 0.6) is 0 Å². The zero-order valence-corrected chi connectivity index (χ0v) is 11.1. The number of anilines is 1. The lowest BCUT2D eigenvalue weighted by atomic mass is 10.1. The van der Waals surface area contributed by atoms with E-state index in [2.05, 4.69) is 0 Å². The molecule has 0 spiro atoms. The van der Waals surface area contributed by atoms with E-state index in [0.717, 1.165) is 4.90 Å². The van der Waals surface area contributed by atoms with E-state index in [1.165, 1.54) is 16.7 Å². The SMILES string of the molecule is CCC(C(=O)O)N1C(=O)C(C)Sc2ccccc21. The first-order valence-electron chi connectivity index (χ1n) is 5.87. The first kappa shape index (κ1) is 13.0. The molecule has 1 aromatic carbocycles. The molecular formula is C13H15NO3S. The Hall–Kier alpha value is -1.49. The minimum Gasteiger partial charge on any atom is -0.480 e. The molecule has 1 N–H and O–H groups in total. The van der Waals surface area contributed by atoms with E-state index in [4.69, 9.17) is 0 Å². The third kappa shape index (κ3) is 2.10. The average Bonchev–Trinajstić information content (AvgIpc) is 2.34. The summed E-state index contributed by atoms with van der Waals surface area (Å²) in [5.41, 5.74) is 0.708. The number of amides is 1. The van der Waals surface area contributed by atoms with Gasteiger partial charge in [0.15, 0.2) is 0 Å². The smallest absolute Gasteiger partial charge is 0.326 e. The van der Waals surface area contributed by atoms with Gasteiger partial charge in [0.25, 0.3) is 0 Å². The lowest BCUT2D eigenvalue weighted by molar-refractivity contribution is -0.140. The van der Waals surface area contributed by atoms with Gasteiger partial charge in [0, 0.05) is 4.90 Å². The van der Waals surface area contributed by atoms with E-state index in [9.17, 15) is 14.7 Å². The van der Waals surface area contributed by atoms with Gasteiger partial charge >= 0.3 is 5.97 Å². The lowest BCUT2D eigenvalue weighted by Gasteiger charge is -2.35. The third-order valence-corrected chi connectivity index (χ3v) is 4.15. The number of carboxylic acid groups (broad SMARTS) is 1. The number of carbonyl (C=O) groups is 2. The van der Waals surface area contributed by atoms with Crippen molar-refractivity contribution in [2.75, 3.05) is 4.90 Å². The van der Waals surface area contributed by atoms with Crippen molar-refractivity contribution in [3.63, 3.8) is 0 Å². The van der Waals surface area contributed by atoms with Crippen molar-refractivity contribution in [1.29, 1.82) is 0 Å². The van der Waals surface area contributed by atoms with Crippen LogP contribution in [0, 0.1) is 0 Å². The summed E-state index contributed by atoms with van der Waals surface area (Å²) in [5, 5.41) is 9.01. The maximum Gasteiger partial charge on any atom is 0.326 e. The quantitative estimate of drug-likeness (QED) is 0.911. The molecule has 0 aromatic heterocycles. The maximum atomic E-state index is 12.2. The molecule has 1 amide bonds. The average molecular weight is 265 g/mol. The van der Waals surface area contributed by atoms with Gasteiger partial charge in [0.1, 0.15) is 6.04 Å². The topological polar surface area (TPSA) is 57.6 Å². The number of carbonyl (C=O) groups excluding carboxylic acids is 1. The Morgan fingerprint density at radius 1 is 1.50 bits per heavy atom. The number of fused-ring (bicyclic) bond motifs is 1. The van der Waals surface area contributed by atoms with Crippen LogP contribution in [-0.4, -0.2) is 28.3 Å². The number of rotatable bonds is 3. The third-order valence-electron chi connectivity index (χ3n) is 3.00. The predicted molar refractivity (Wildman–Crippen MR) is 71.0 cm³/mol. The fourth-order valence-electron chi connectivity index (χ4n) is 2.10. The second kappa shape index (κ2) is 5.02. The summed E-state index contributed by atoms with van der Waals surface area (Å²) in [5.74, 6) is -1.09. The molecule has 0 saturated heterocycles. The molecule has 18 heavy (non-hydrogen) atoms. The monoisotopic (exact) mass is 265 g/mol. The molecule has 2 rings (SSSR count). The number of hydrogen-bond donors (Lipinski definition) is 1. The van der Waals surface area contributed by atoms with Crippen LogP contribution in [0.25, 0.3) is 0 Å². The zero-order chi connectivity index (χ0) is 13.3. The Kier molecular flexibility index (Phi) is 3.61. The first-order chi connectivity index (χ1) is 8.56. The largest absolute Gasteiger partial charge is 0.480 e. The van der Waals surface area contributed by atoms with E-state index >= 15 is 0 Å². The minimum absolute atomic E-state index is 0.132. The van der Waals surface area contributed by atoms with E-state index in [-0.39, 0.29) is 11.2 Å². The van der Waals surface area contributed by atoms with Crippen LogP contribution in [0.4, 0.5) is 5.69 Å². The Balaban J connectivity index is 2.50. The molecule has 5 heteroatoms. The van der Waals surface area contributed by atoms with Crippen LogP contribution < -0.4 is 4.90 Å².